The van der Waals surface area contributed by atoms with Gasteiger partial charge in [0.05, 0.1) is 11.5 Å². The fourth-order valence-corrected chi connectivity index (χ4v) is 6.04. The Hall–Kier alpha value is -1.91. The molecule has 2 saturated heterocycles. The van der Waals surface area contributed by atoms with Crippen molar-refractivity contribution in [2.45, 2.75) is 76.3 Å². The van der Waals surface area contributed by atoms with E-state index in [0.717, 1.165) is 64.5 Å². The average Bonchev–Trinajstić information content (AvgIpc) is 2.71. The molecule has 0 aromatic carbocycles. The Labute approximate surface area is 167 Å². The number of amides is 2. The molecule has 2 saturated carbocycles. The van der Waals surface area contributed by atoms with Gasteiger partial charge in [0.25, 0.3) is 0 Å². The van der Waals surface area contributed by atoms with Crippen LogP contribution in [0, 0.1) is 11.3 Å². The van der Waals surface area contributed by atoms with E-state index < -0.39 is 0 Å². The molecule has 2 aliphatic heterocycles. The molecule has 1 aromatic heterocycles. The van der Waals surface area contributed by atoms with E-state index in [1.165, 1.54) is 18.4 Å². The van der Waals surface area contributed by atoms with Crippen molar-refractivity contribution in [2.24, 2.45) is 11.3 Å². The molecule has 4 aliphatic rings. The molecule has 4 fully saturated rings. The number of carbonyl (C=O) groups is 2. The Balaban J connectivity index is 1.33. The maximum atomic E-state index is 13.4. The van der Waals surface area contributed by atoms with E-state index in [-0.39, 0.29) is 23.4 Å². The van der Waals surface area contributed by atoms with Crippen LogP contribution in [0.1, 0.15) is 75.8 Å². The Bertz CT molecular complexity index is 731. The highest BCUT2D eigenvalue weighted by Crippen LogP contribution is 2.59. The number of rotatable bonds is 3. The first-order chi connectivity index (χ1) is 13.7. The molecule has 0 radical (unpaired) electrons. The van der Waals surface area contributed by atoms with Crippen LogP contribution in [0.2, 0.25) is 0 Å². The van der Waals surface area contributed by atoms with E-state index in [2.05, 4.69) is 26.9 Å². The molecule has 2 aliphatic carbocycles. The van der Waals surface area contributed by atoms with Gasteiger partial charge in [-0.3, -0.25) is 14.6 Å². The third-order valence-corrected chi connectivity index (χ3v) is 7.85. The molecule has 1 aromatic rings. The second-order valence-electron chi connectivity index (χ2n) is 9.30. The van der Waals surface area contributed by atoms with Gasteiger partial charge in [0.2, 0.25) is 11.8 Å². The van der Waals surface area contributed by atoms with E-state index >= 15 is 0 Å². The highest BCUT2D eigenvalue weighted by atomic mass is 16.2. The number of piperidine rings is 1. The zero-order chi connectivity index (χ0) is 19.1. The number of carbonyl (C=O) groups excluding carboxylic acids is 2. The van der Waals surface area contributed by atoms with Crippen molar-refractivity contribution in [3.8, 4) is 0 Å². The number of hydrogen-bond acceptors (Lipinski definition) is 3. The van der Waals surface area contributed by atoms with Crippen LogP contribution in [-0.2, 0) is 9.59 Å². The zero-order valence-electron chi connectivity index (χ0n) is 16.7. The van der Waals surface area contributed by atoms with Gasteiger partial charge < -0.3 is 9.80 Å². The number of pyridine rings is 1. The van der Waals surface area contributed by atoms with Crippen LogP contribution in [0.15, 0.2) is 24.5 Å². The summed E-state index contributed by atoms with van der Waals surface area (Å²) in [6, 6.07) is 4.65. The summed E-state index contributed by atoms with van der Waals surface area (Å²) < 4.78 is 0. The van der Waals surface area contributed by atoms with Crippen molar-refractivity contribution in [3.05, 3.63) is 30.1 Å². The Morgan fingerprint density at radius 3 is 2.25 bits per heavy atom. The molecule has 0 N–H and O–H groups in total. The first-order valence-corrected chi connectivity index (χ1v) is 11.2. The van der Waals surface area contributed by atoms with Crippen LogP contribution >= 0.6 is 0 Å². The third-order valence-electron chi connectivity index (χ3n) is 7.85. The van der Waals surface area contributed by atoms with Gasteiger partial charge in [-0.1, -0.05) is 25.7 Å². The summed E-state index contributed by atoms with van der Waals surface area (Å²) in [5.41, 5.74) is 1.06. The van der Waals surface area contributed by atoms with Crippen LogP contribution in [0.5, 0.6) is 0 Å². The highest BCUT2D eigenvalue weighted by molar-refractivity contribution is 5.91. The first-order valence-electron chi connectivity index (χ1n) is 11.2. The third kappa shape index (κ3) is 2.77. The Morgan fingerprint density at radius 2 is 1.64 bits per heavy atom. The molecule has 150 valence electrons. The second-order valence-corrected chi connectivity index (χ2v) is 9.30. The SMILES string of the molecule is O=C(C1CCC1)N1CCC(N2C(=O)C3(CCCCC3)C2c2ccncc2)CC1. The molecule has 28 heavy (non-hydrogen) atoms. The topological polar surface area (TPSA) is 53.5 Å². The molecule has 0 bridgehead atoms. The molecule has 1 unspecified atom stereocenters. The minimum atomic E-state index is -0.182. The van der Waals surface area contributed by atoms with E-state index in [0.29, 0.717) is 11.8 Å². The van der Waals surface area contributed by atoms with Gasteiger partial charge in [0, 0.05) is 37.4 Å². The summed E-state index contributed by atoms with van der Waals surface area (Å²) in [7, 11) is 0. The summed E-state index contributed by atoms with van der Waals surface area (Å²) in [4.78, 5) is 34.4. The number of β-lactam (4-membered cyclic amide) rings is 1. The predicted octanol–water partition coefficient (Wildman–Crippen LogP) is 3.71. The lowest BCUT2D eigenvalue weighted by atomic mass is 9.59. The Morgan fingerprint density at radius 1 is 0.964 bits per heavy atom. The van der Waals surface area contributed by atoms with Crippen LogP contribution < -0.4 is 0 Å². The molecule has 3 heterocycles. The minimum absolute atomic E-state index is 0.182. The predicted molar refractivity (Wildman–Crippen MR) is 106 cm³/mol. The smallest absolute Gasteiger partial charge is 0.232 e. The molecule has 5 nitrogen and oxygen atoms in total. The number of hydrogen-bond donors (Lipinski definition) is 0. The van der Waals surface area contributed by atoms with Crippen molar-refractivity contribution >= 4 is 11.8 Å². The van der Waals surface area contributed by atoms with Crippen LogP contribution in [0.3, 0.4) is 0 Å². The van der Waals surface area contributed by atoms with E-state index in [1.807, 2.05) is 12.4 Å². The summed E-state index contributed by atoms with van der Waals surface area (Å²) in [5, 5.41) is 0. The van der Waals surface area contributed by atoms with Crippen molar-refractivity contribution in [1.82, 2.24) is 14.8 Å². The van der Waals surface area contributed by atoms with Crippen LogP contribution in [0.25, 0.3) is 0 Å². The summed E-state index contributed by atoms with van der Waals surface area (Å²) in [6.07, 6.45) is 14.5. The number of likely N-dealkylation sites (tertiary alicyclic amines) is 2. The molecule has 5 heteroatoms. The van der Waals surface area contributed by atoms with Crippen molar-refractivity contribution in [1.29, 1.82) is 0 Å². The van der Waals surface area contributed by atoms with E-state index in [9.17, 15) is 9.59 Å². The number of aromatic nitrogens is 1. The monoisotopic (exact) mass is 381 g/mol. The lowest BCUT2D eigenvalue weighted by molar-refractivity contribution is -0.187. The van der Waals surface area contributed by atoms with Crippen molar-refractivity contribution < 1.29 is 9.59 Å². The summed E-state index contributed by atoms with van der Waals surface area (Å²) >= 11 is 0. The quantitative estimate of drug-likeness (QED) is 0.750. The maximum absolute atomic E-state index is 13.4. The van der Waals surface area contributed by atoms with Gasteiger partial charge in [0.1, 0.15) is 0 Å². The molecule has 1 spiro atoms. The van der Waals surface area contributed by atoms with Crippen LogP contribution in [0.4, 0.5) is 0 Å². The number of nitrogens with zero attached hydrogens (tertiary/aromatic N) is 3. The van der Waals surface area contributed by atoms with Crippen LogP contribution in [-0.4, -0.2) is 45.7 Å². The summed E-state index contributed by atoms with van der Waals surface area (Å²) in [6.45, 7) is 1.61. The standard InChI is InChI=1S/C23H31N3O2/c27-21(18-5-4-6-18)25-15-9-19(10-16-25)26-20(17-7-13-24-14-8-17)23(22(26)28)11-2-1-3-12-23/h7-8,13-14,18-20H,1-6,9-12,15-16H2. The van der Waals surface area contributed by atoms with Gasteiger partial charge in [-0.05, 0) is 56.2 Å². The van der Waals surface area contributed by atoms with Crippen molar-refractivity contribution in [2.75, 3.05) is 13.1 Å². The van der Waals surface area contributed by atoms with E-state index in [1.54, 1.807) is 0 Å². The fraction of sp³-hybridized carbons (Fsp3) is 0.696. The molecular weight excluding hydrogens is 350 g/mol. The lowest BCUT2D eigenvalue weighted by Gasteiger charge is -2.61. The van der Waals surface area contributed by atoms with Gasteiger partial charge in [-0.2, -0.15) is 0 Å². The molecule has 1 atom stereocenters. The molecular formula is C23H31N3O2. The van der Waals surface area contributed by atoms with Gasteiger partial charge >= 0.3 is 0 Å². The average molecular weight is 382 g/mol. The first kappa shape index (κ1) is 18.1. The van der Waals surface area contributed by atoms with Crippen molar-refractivity contribution in [3.63, 3.8) is 0 Å². The summed E-state index contributed by atoms with van der Waals surface area (Å²) in [5.74, 6) is 1.00. The largest absolute Gasteiger partial charge is 0.342 e. The highest BCUT2D eigenvalue weighted by Gasteiger charge is 2.62. The van der Waals surface area contributed by atoms with Gasteiger partial charge in [-0.15, -0.1) is 0 Å². The van der Waals surface area contributed by atoms with Gasteiger partial charge in [0.15, 0.2) is 0 Å². The van der Waals surface area contributed by atoms with Gasteiger partial charge in [-0.25, -0.2) is 0 Å². The van der Waals surface area contributed by atoms with E-state index in [4.69, 9.17) is 0 Å². The fourth-order valence-electron chi connectivity index (χ4n) is 6.04. The normalized spacial score (nSPS) is 28.1. The molecule has 2 amide bonds. The second kappa shape index (κ2) is 7.16. The lowest BCUT2D eigenvalue weighted by Crippen LogP contribution is -2.68. The maximum Gasteiger partial charge on any atom is 0.232 e. The Kier molecular flexibility index (Phi) is 4.64. The minimum Gasteiger partial charge on any atom is -0.342 e. The molecule has 5 rings (SSSR count). The zero-order valence-corrected chi connectivity index (χ0v) is 16.7.